The monoisotopic (exact) mass is 268 g/mol. The number of fused-ring (bicyclic) bond motifs is 1. The summed E-state index contributed by atoms with van der Waals surface area (Å²) in [6, 6.07) is 12.7. The van der Waals surface area contributed by atoms with E-state index in [2.05, 4.69) is 0 Å². The highest BCUT2D eigenvalue weighted by Crippen LogP contribution is 2.26. The minimum Gasteiger partial charge on any atom is -0.200 e. The maximum Gasteiger partial charge on any atom is 0.213 e. The van der Waals surface area contributed by atoms with E-state index in [1.54, 1.807) is 13.0 Å². The summed E-state index contributed by atoms with van der Waals surface area (Å²) in [5, 5.41) is 2.06. The van der Waals surface area contributed by atoms with Gasteiger partial charge in [-0.15, -0.1) is 0 Å². The molecule has 20 heavy (non-hydrogen) atoms. The van der Waals surface area contributed by atoms with E-state index in [0.717, 1.165) is 16.5 Å². The fourth-order valence-corrected chi connectivity index (χ4v) is 2.54. The van der Waals surface area contributed by atoms with Crippen LogP contribution in [0.4, 0.5) is 0 Å². The molecule has 0 radical (unpaired) electrons. The summed E-state index contributed by atoms with van der Waals surface area (Å²) < 4.78 is 48.5. The van der Waals surface area contributed by atoms with Gasteiger partial charge in [0.25, 0.3) is 0 Å². The third-order valence-corrected chi connectivity index (χ3v) is 3.68. The lowest BCUT2D eigenvalue weighted by atomic mass is 9.96. The summed E-state index contributed by atoms with van der Waals surface area (Å²) in [7, 11) is 1.87. The predicted molar refractivity (Wildman–Crippen MR) is 84.8 cm³/mol. The van der Waals surface area contributed by atoms with Crippen molar-refractivity contribution < 1.29 is 12.8 Å². The molecule has 0 unspecified atom stereocenters. The molecule has 0 saturated heterocycles. The molecule has 0 fully saturated rings. The van der Waals surface area contributed by atoms with Crippen LogP contribution in [0.2, 0.25) is 0 Å². The fraction of sp³-hybridized carbons (Fsp3) is 0.211. The molecule has 0 N–H and O–H groups in total. The zero-order valence-corrected chi connectivity index (χ0v) is 11.6. The predicted octanol–water partition coefficient (Wildman–Crippen LogP) is 4.26. The molecule has 1 heteroatoms. The zero-order chi connectivity index (χ0) is 19.3. The number of hydrogen-bond donors (Lipinski definition) is 0. The van der Waals surface area contributed by atoms with Crippen molar-refractivity contribution in [3.63, 3.8) is 0 Å². The molecule has 3 rings (SSSR count). The first-order valence-electron chi connectivity index (χ1n) is 9.53. The van der Waals surface area contributed by atoms with Crippen molar-refractivity contribution in [3.8, 4) is 11.3 Å². The minimum atomic E-state index is -2.38. The third kappa shape index (κ3) is 2.09. The Morgan fingerprint density at radius 2 is 1.80 bits per heavy atom. The van der Waals surface area contributed by atoms with E-state index >= 15 is 0 Å². The van der Waals surface area contributed by atoms with E-state index in [9.17, 15) is 0 Å². The standard InChI is InChI=1S/C19H20N/c1-13-9-14(2)15(3)18(10-13)19-11-16-7-5-6-8-17(16)12-20(19)4/h5-12H,1-4H3/q+1/i1D3,2D3. The minimum absolute atomic E-state index is 0.0392. The quantitative estimate of drug-likeness (QED) is 0.581. The molecule has 2 aromatic carbocycles. The Labute approximate surface area is 128 Å². The summed E-state index contributed by atoms with van der Waals surface area (Å²) in [6.07, 6.45) is 1.96. The number of nitrogens with zero attached hydrogens (tertiary/aromatic N) is 1. The van der Waals surface area contributed by atoms with Gasteiger partial charge in [-0.05, 0) is 49.3 Å². The molecule has 1 aromatic heterocycles. The highest BCUT2D eigenvalue weighted by molar-refractivity contribution is 5.84. The van der Waals surface area contributed by atoms with Crippen LogP contribution in [0.15, 0.2) is 48.7 Å². The van der Waals surface area contributed by atoms with Crippen LogP contribution >= 0.6 is 0 Å². The number of rotatable bonds is 1. The Morgan fingerprint density at radius 3 is 2.55 bits per heavy atom. The fourth-order valence-electron chi connectivity index (χ4n) is 2.54. The molecule has 0 aliphatic rings. The molecule has 1 nitrogen and oxygen atoms in total. The van der Waals surface area contributed by atoms with Crippen LogP contribution < -0.4 is 4.57 Å². The van der Waals surface area contributed by atoms with Crippen LogP contribution in [0.1, 0.15) is 24.9 Å². The molecule has 0 amide bonds. The van der Waals surface area contributed by atoms with Gasteiger partial charge in [0, 0.05) is 25.2 Å². The van der Waals surface area contributed by atoms with Crippen molar-refractivity contribution in [2.45, 2.75) is 20.6 Å². The molecule has 0 saturated carbocycles. The maximum atomic E-state index is 7.80. The Hall–Kier alpha value is -2.15. The Bertz CT molecular complexity index is 986. The van der Waals surface area contributed by atoms with Gasteiger partial charge in [0.05, 0.1) is 0 Å². The first-order chi connectivity index (χ1) is 12.0. The average Bonchev–Trinajstić information content (AvgIpc) is 2.52. The van der Waals surface area contributed by atoms with E-state index in [1.165, 1.54) is 6.07 Å². The van der Waals surface area contributed by atoms with Gasteiger partial charge in [-0.2, -0.15) is 0 Å². The number of benzene rings is 2. The number of pyridine rings is 1. The van der Waals surface area contributed by atoms with Gasteiger partial charge in [0.15, 0.2) is 6.20 Å². The molecular formula is C19H20N+. The van der Waals surface area contributed by atoms with Crippen molar-refractivity contribution in [3.05, 3.63) is 65.4 Å². The van der Waals surface area contributed by atoms with Crippen LogP contribution in [0, 0.1) is 20.6 Å². The lowest BCUT2D eigenvalue weighted by Crippen LogP contribution is -2.30. The van der Waals surface area contributed by atoms with Crippen molar-refractivity contribution >= 4 is 10.8 Å². The number of aromatic nitrogens is 1. The molecule has 1 heterocycles. The van der Waals surface area contributed by atoms with Crippen LogP contribution in [0.25, 0.3) is 22.0 Å². The normalized spacial score (nSPS) is 16.7. The van der Waals surface area contributed by atoms with Gasteiger partial charge < -0.3 is 0 Å². The second-order valence-electron chi connectivity index (χ2n) is 5.09. The van der Waals surface area contributed by atoms with Gasteiger partial charge in [-0.25, -0.2) is 4.57 Å². The third-order valence-electron chi connectivity index (χ3n) is 3.68. The number of hydrogen-bond acceptors (Lipinski definition) is 0. The Balaban J connectivity index is 2.36. The Morgan fingerprint density at radius 1 is 1.00 bits per heavy atom. The van der Waals surface area contributed by atoms with Crippen LogP contribution in [0.5, 0.6) is 0 Å². The van der Waals surface area contributed by atoms with Crippen molar-refractivity contribution in [2.24, 2.45) is 7.05 Å². The van der Waals surface area contributed by atoms with Crippen LogP contribution in [0.3, 0.4) is 0 Å². The van der Waals surface area contributed by atoms with Gasteiger partial charge in [0.2, 0.25) is 5.69 Å². The highest BCUT2D eigenvalue weighted by Gasteiger charge is 2.15. The average molecular weight is 268 g/mol. The first kappa shape index (κ1) is 7.58. The zero-order valence-electron chi connectivity index (χ0n) is 17.6. The van der Waals surface area contributed by atoms with Crippen LogP contribution in [-0.4, -0.2) is 0 Å². The second kappa shape index (κ2) is 4.75. The maximum absolute atomic E-state index is 7.80. The smallest absolute Gasteiger partial charge is 0.200 e. The summed E-state index contributed by atoms with van der Waals surface area (Å²) in [4.78, 5) is 0. The molecule has 0 atom stereocenters. The van der Waals surface area contributed by atoms with E-state index in [4.69, 9.17) is 8.22 Å². The van der Waals surface area contributed by atoms with Gasteiger partial charge >= 0.3 is 0 Å². The largest absolute Gasteiger partial charge is 0.213 e. The van der Waals surface area contributed by atoms with E-state index < -0.39 is 13.7 Å². The summed E-state index contributed by atoms with van der Waals surface area (Å²) >= 11 is 0. The molecule has 3 aromatic rings. The summed E-state index contributed by atoms with van der Waals surface area (Å²) in [5.41, 5.74) is 2.09. The van der Waals surface area contributed by atoms with Crippen molar-refractivity contribution in [1.82, 2.24) is 0 Å². The molecule has 0 aliphatic heterocycles. The first-order valence-corrected chi connectivity index (χ1v) is 6.53. The highest BCUT2D eigenvalue weighted by atomic mass is 14.9. The van der Waals surface area contributed by atoms with Gasteiger partial charge in [-0.1, -0.05) is 29.8 Å². The molecule has 100 valence electrons. The van der Waals surface area contributed by atoms with Gasteiger partial charge in [0.1, 0.15) is 7.05 Å². The van der Waals surface area contributed by atoms with Crippen LogP contribution in [-0.2, 0) is 7.05 Å². The summed E-state index contributed by atoms with van der Waals surface area (Å²) in [6.45, 7) is -3.02. The molecular weight excluding hydrogens is 242 g/mol. The van der Waals surface area contributed by atoms with Crippen molar-refractivity contribution in [2.75, 3.05) is 0 Å². The Kier molecular flexibility index (Phi) is 1.80. The molecule has 0 aliphatic carbocycles. The van der Waals surface area contributed by atoms with Gasteiger partial charge in [-0.3, -0.25) is 0 Å². The second-order valence-corrected chi connectivity index (χ2v) is 5.09. The molecule has 0 bridgehead atoms. The molecule has 0 spiro atoms. The lowest BCUT2D eigenvalue weighted by Gasteiger charge is -2.10. The SMILES string of the molecule is [2H]C([2H])([2H])c1cc(-c2cc3ccccc3c[n+]2C)c(C)c(C([2H])([2H])[2H])c1. The van der Waals surface area contributed by atoms with Crippen molar-refractivity contribution in [1.29, 1.82) is 0 Å². The number of aryl methyl sites for hydroxylation is 3. The van der Waals surface area contributed by atoms with E-state index in [-0.39, 0.29) is 11.1 Å². The topological polar surface area (TPSA) is 3.88 Å². The lowest BCUT2D eigenvalue weighted by molar-refractivity contribution is -0.659. The van der Waals surface area contributed by atoms with E-state index in [0.29, 0.717) is 11.1 Å². The van der Waals surface area contributed by atoms with E-state index in [1.807, 2.05) is 48.1 Å². The summed E-state index contributed by atoms with van der Waals surface area (Å²) in [5.74, 6) is 0.